The first-order chi connectivity index (χ1) is 12.2. The second-order valence-electron chi connectivity index (χ2n) is 6.04. The molecule has 1 aromatic carbocycles. The first-order valence-corrected chi connectivity index (χ1v) is 8.50. The third kappa shape index (κ3) is 4.36. The van der Waals surface area contributed by atoms with Crippen LogP contribution in [0.4, 0.5) is 21.8 Å². The van der Waals surface area contributed by atoms with Crippen LogP contribution in [0.1, 0.15) is 5.69 Å². The number of methoxy groups -OCH3 is 1. The monoisotopic (exact) mass is 345 g/mol. The van der Waals surface area contributed by atoms with Crippen LogP contribution in [0.2, 0.25) is 0 Å². The number of para-hydroxylation sites is 1. The third-order valence-electron chi connectivity index (χ3n) is 4.23. The third-order valence-corrected chi connectivity index (χ3v) is 4.23. The molecular formula is C18H24FN5O. The van der Waals surface area contributed by atoms with Gasteiger partial charge in [-0.3, -0.25) is 0 Å². The lowest BCUT2D eigenvalue weighted by Crippen LogP contribution is -2.47. The van der Waals surface area contributed by atoms with E-state index < -0.39 is 0 Å². The Labute approximate surface area is 147 Å². The van der Waals surface area contributed by atoms with Crippen molar-refractivity contribution in [3.8, 4) is 0 Å². The molecule has 0 unspecified atom stereocenters. The standard InChI is InChI=1S/C18H24FN5O/c1-14-13-17(22-18(21-14)20-7-12-25-2)24-10-8-23(9-11-24)16-6-4-3-5-15(16)19/h3-6,13H,7-12H2,1-2H3,(H,20,21,22). The van der Waals surface area contributed by atoms with E-state index in [2.05, 4.69) is 25.1 Å². The Morgan fingerprint density at radius 2 is 1.84 bits per heavy atom. The molecule has 1 aliphatic rings. The van der Waals surface area contributed by atoms with E-state index in [0.29, 0.717) is 24.8 Å². The summed E-state index contributed by atoms with van der Waals surface area (Å²) in [6.45, 7) is 6.34. The molecule has 2 heterocycles. The van der Waals surface area contributed by atoms with Gasteiger partial charge in [0.2, 0.25) is 5.95 Å². The van der Waals surface area contributed by atoms with Crippen molar-refractivity contribution in [2.75, 3.05) is 61.6 Å². The van der Waals surface area contributed by atoms with Crippen LogP contribution in [0.5, 0.6) is 0 Å². The van der Waals surface area contributed by atoms with Gasteiger partial charge in [0, 0.05) is 51.6 Å². The Balaban J connectivity index is 1.65. The van der Waals surface area contributed by atoms with Crippen molar-refractivity contribution < 1.29 is 9.13 Å². The Kier molecular flexibility index (Phi) is 5.65. The van der Waals surface area contributed by atoms with Crippen LogP contribution in [-0.4, -0.2) is 56.4 Å². The molecule has 0 bridgehead atoms. The molecule has 0 atom stereocenters. The van der Waals surface area contributed by atoms with Crippen molar-refractivity contribution in [3.05, 3.63) is 41.8 Å². The van der Waals surface area contributed by atoms with E-state index >= 15 is 0 Å². The quantitative estimate of drug-likeness (QED) is 0.811. The molecule has 2 aromatic rings. The molecular weight excluding hydrogens is 321 g/mol. The van der Waals surface area contributed by atoms with Gasteiger partial charge in [0.1, 0.15) is 11.6 Å². The molecule has 0 radical (unpaired) electrons. The van der Waals surface area contributed by atoms with E-state index in [1.165, 1.54) is 6.07 Å². The fraction of sp³-hybridized carbons (Fsp3) is 0.444. The van der Waals surface area contributed by atoms with Crippen molar-refractivity contribution in [2.45, 2.75) is 6.92 Å². The number of aromatic nitrogens is 2. The number of hydrogen-bond acceptors (Lipinski definition) is 6. The summed E-state index contributed by atoms with van der Waals surface area (Å²) in [7, 11) is 1.67. The largest absolute Gasteiger partial charge is 0.383 e. The van der Waals surface area contributed by atoms with Crippen LogP contribution in [0, 0.1) is 12.7 Å². The van der Waals surface area contributed by atoms with E-state index in [1.807, 2.05) is 25.1 Å². The van der Waals surface area contributed by atoms with Crippen LogP contribution >= 0.6 is 0 Å². The van der Waals surface area contributed by atoms with Crippen molar-refractivity contribution in [1.82, 2.24) is 9.97 Å². The van der Waals surface area contributed by atoms with Gasteiger partial charge in [-0.1, -0.05) is 12.1 Å². The number of benzene rings is 1. The Morgan fingerprint density at radius 3 is 2.56 bits per heavy atom. The fourth-order valence-corrected chi connectivity index (χ4v) is 2.94. The lowest BCUT2D eigenvalue weighted by atomic mass is 10.2. The average molecular weight is 345 g/mol. The zero-order valence-electron chi connectivity index (χ0n) is 14.7. The van der Waals surface area contributed by atoms with Gasteiger partial charge in [-0.25, -0.2) is 9.37 Å². The number of ether oxygens (including phenoxy) is 1. The molecule has 6 nitrogen and oxygen atoms in total. The molecule has 1 N–H and O–H groups in total. The highest BCUT2D eigenvalue weighted by atomic mass is 19.1. The Bertz CT molecular complexity index is 704. The number of piperazine rings is 1. The number of hydrogen-bond donors (Lipinski definition) is 1. The molecule has 7 heteroatoms. The summed E-state index contributed by atoms with van der Waals surface area (Å²) in [5, 5.41) is 3.17. The number of aryl methyl sites for hydroxylation is 1. The van der Waals surface area contributed by atoms with Gasteiger partial charge in [0.15, 0.2) is 0 Å². The molecule has 134 valence electrons. The molecule has 0 aliphatic carbocycles. The van der Waals surface area contributed by atoms with Crippen molar-refractivity contribution in [1.29, 1.82) is 0 Å². The lowest BCUT2D eigenvalue weighted by molar-refractivity contribution is 0.210. The van der Waals surface area contributed by atoms with E-state index in [9.17, 15) is 4.39 Å². The van der Waals surface area contributed by atoms with E-state index in [0.717, 1.165) is 37.7 Å². The molecule has 1 aliphatic heterocycles. The summed E-state index contributed by atoms with van der Waals surface area (Å²) >= 11 is 0. The molecule has 3 rings (SSSR count). The van der Waals surface area contributed by atoms with Gasteiger partial charge in [-0.15, -0.1) is 0 Å². The van der Waals surface area contributed by atoms with Gasteiger partial charge >= 0.3 is 0 Å². The van der Waals surface area contributed by atoms with Crippen LogP contribution < -0.4 is 15.1 Å². The summed E-state index contributed by atoms with van der Waals surface area (Å²) in [5.74, 6) is 1.35. The molecule has 1 fully saturated rings. The summed E-state index contributed by atoms with van der Waals surface area (Å²) in [4.78, 5) is 13.3. The van der Waals surface area contributed by atoms with Gasteiger partial charge in [-0.2, -0.15) is 4.98 Å². The lowest BCUT2D eigenvalue weighted by Gasteiger charge is -2.37. The number of nitrogens with one attached hydrogen (secondary N) is 1. The van der Waals surface area contributed by atoms with Crippen molar-refractivity contribution in [3.63, 3.8) is 0 Å². The van der Waals surface area contributed by atoms with E-state index in [-0.39, 0.29) is 5.82 Å². The molecule has 0 spiro atoms. The topological polar surface area (TPSA) is 53.5 Å². The van der Waals surface area contributed by atoms with Crippen LogP contribution in [0.25, 0.3) is 0 Å². The normalized spacial score (nSPS) is 14.7. The Hall–Kier alpha value is -2.41. The summed E-state index contributed by atoms with van der Waals surface area (Å²) in [6, 6.07) is 8.92. The fourth-order valence-electron chi connectivity index (χ4n) is 2.94. The van der Waals surface area contributed by atoms with Crippen molar-refractivity contribution in [2.24, 2.45) is 0 Å². The number of nitrogens with zero attached hydrogens (tertiary/aromatic N) is 4. The minimum Gasteiger partial charge on any atom is -0.383 e. The summed E-state index contributed by atoms with van der Waals surface area (Å²) in [5.41, 5.74) is 1.59. The SMILES string of the molecule is COCCNc1nc(C)cc(N2CCN(c3ccccc3F)CC2)n1. The average Bonchev–Trinajstić information content (AvgIpc) is 2.62. The maximum Gasteiger partial charge on any atom is 0.224 e. The number of halogens is 1. The predicted molar refractivity (Wildman–Crippen MR) is 98.0 cm³/mol. The van der Waals surface area contributed by atoms with E-state index in [4.69, 9.17) is 4.74 Å². The van der Waals surface area contributed by atoms with Gasteiger partial charge in [0.05, 0.1) is 12.3 Å². The highest BCUT2D eigenvalue weighted by molar-refractivity contribution is 5.51. The zero-order chi connectivity index (χ0) is 17.6. The second kappa shape index (κ2) is 8.11. The summed E-state index contributed by atoms with van der Waals surface area (Å²) < 4.78 is 19.0. The molecule has 1 aromatic heterocycles. The predicted octanol–water partition coefficient (Wildman–Crippen LogP) is 2.31. The number of anilines is 3. The highest BCUT2D eigenvalue weighted by Gasteiger charge is 2.20. The van der Waals surface area contributed by atoms with Gasteiger partial charge in [0.25, 0.3) is 0 Å². The van der Waals surface area contributed by atoms with Gasteiger partial charge in [-0.05, 0) is 19.1 Å². The Morgan fingerprint density at radius 1 is 1.12 bits per heavy atom. The second-order valence-corrected chi connectivity index (χ2v) is 6.04. The van der Waals surface area contributed by atoms with E-state index in [1.54, 1.807) is 13.2 Å². The molecule has 0 amide bonds. The molecule has 25 heavy (non-hydrogen) atoms. The van der Waals surface area contributed by atoms with Crippen LogP contribution in [-0.2, 0) is 4.74 Å². The van der Waals surface area contributed by atoms with Crippen molar-refractivity contribution >= 4 is 17.5 Å². The molecule has 0 saturated carbocycles. The smallest absolute Gasteiger partial charge is 0.224 e. The van der Waals surface area contributed by atoms with Crippen LogP contribution in [0.15, 0.2) is 30.3 Å². The highest BCUT2D eigenvalue weighted by Crippen LogP contribution is 2.22. The minimum atomic E-state index is -0.168. The first kappa shape index (κ1) is 17.4. The minimum absolute atomic E-state index is 0.168. The maximum atomic E-state index is 14.0. The maximum absolute atomic E-state index is 14.0. The van der Waals surface area contributed by atoms with Gasteiger partial charge < -0.3 is 19.9 Å². The zero-order valence-corrected chi connectivity index (χ0v) is 14.7. The number of rotatable bonds is 6. The first-order valence-electron chi connectivity index (χ1n) is 8.50. The summed E-state index contributed by atoms with van der Waals surface area (Å²) in [6.07, 6.45) is 0. The van der Waals surface area contributed by atoms with Crippen LogP contribution in [0.3, 0.4) is 0 Å². The molecule has 1 saturated heterocycles.